The SMILES string of the molecule is COc1ccc([C@@H]2Oc3ccccc3[C@@H]3CC(c4ccc(Oc5ccccc5)cc4)=NN32)c(C(=O)O)c1OC. The predicted molar refractivity (Wildman–Crippen MR) is 145 cm³/mol. The molecule has 0 amide bonds. The zero-order valence-corrected chi connectivity index (χ0v) is 21.4. The minimum Gasteiger partial charge on any atom is -0.493 e. The first-order valence-corrected chi connectivity index (χ1v) is 12.5. The number of methoxy groups -OCH3 is 2. The molecule has 0 spiro atoms. The third kappa shape index (κ3) is 4.40. The van der Waals surface area contributed by atoms with Gasteiger partial charge in [-0.2, -0.15) is 5.10 Å². The zero-order valence-electron chi connectivity index (χ0n) is 21.4. The van der Waals surface area contributed by atoms with Crippen LogP contribution in [-0.4, -0.2) is 36.0 Å². The summed E-state index contributed by atoms with van der Waals surface area (Å²) in [5, 5.41) is 17.0. The number of rotatable bonds is 7. The number of fused-ring (bicyclic) bond motifs is 3. The van der Waals surface area contributed by atoms with E-state index >= 15 is 0 Å². The number of nitrogens with zero attached hydrogens (tertiary/aromatic N) is 2. The number of para-hydroxylation sites is 2. The summed E-state index contributed by atoms with van der Waals surface area (Å²) in [4.78, 5) is 12.4. The second kappa shape index (κ2) is 10.1. The molecule has 2 aliphatic heterocycles. The second-order valence-corrected chi connectivity index (χ2v) is 9.16. The molecule has 2 aliphatic rings. The predicted octanol–water partition coefficient (Wildman–Crippen LogP) is 6.44. The molecule has 39 heavy (non-hydrogen) atoms. The fourth-order valence-electron chi connectivity index (χ4n) is 5.12. The lowest BCUT2D eigenvalue weighted by Gasteiger charge is -2.38. The Hall–Kier alpha value is -4.98. The lowest BCUT2D eigenvalue weighted by Crippen LogP contribution is -2.34. The lowest BCUT2D eigenvalue weighted by molar-refractivity contribution is -0.0199. The molecule has 0 radical (unpaired) electrons. The molecule has 0 saturated carbocycles. The number of aromatic carboxylic acids is 1. The highest BCUT2D eigenvalue weighted by atomic mass is 16.5. The van der Waals surface area contributed by atoms with Crippen LogP contribution in [-0.2, 0) is 0 Å². The zero-order chi connectivity index (χ0) is 26.9. The minimum atomic E-state index is -1.14. The third-order valence-corrected chi connectivity index (χ3v) is 6.92. The molecule has 6 rings (SSSR count). The number of hydrazone groups is 1. The number of hydrogen-bond donors (Lipinski definition) is 1. The first-order valence-electron chi connectivity index (χ1n) is 12.5. The van der Waals surface area contributed by atoms with Gasteiger partial charge in [-0.05, 0) is 60.2 Å². The number of carboxylic acid groups (broad SMARTS) is 1. The standard InChI is InChI=1S/C31H26N2O6/c1-36-27-17-16-23(28(31(34)35)29(27)37-2)30-33-25(22-10-6-7-11-26(22)39-30)18-24(32-33)19-12-14-21(15-13-19)38-20-8-4-3-5-9-20/h3-17,25,30H,18H2,1-2H3,(H,34,35)/t25-,30-/m0/s1. The lowest BCUT2D eigenvalue weighted by atomic mass is 9.95. The van der Waals surface area contributed by atoms with E-state index in [9.17, 15) is 9.90 Å². The van der Waals surface area contributed by atoms with Gasteiger partial charge in [-0.25, -0.2) is 9.80 Å². The Morgan fingerprint density at radius 1 is 0.872 bits per heavy atom. The molecule has 0 unspecified atom stereocenters. The number of benzene rings is 4. The van der Waals surface area contributed by atoms with Crippen molar-refractivity contribution in [3.63, 3.8) is 0 Å². The Labute approximate surface area is 225 Å². The van der Waals surface area contributed by atoms with Gasteiger partial charge in [0.1, 0.15) is 22.8 Å². The van der Waals surface area contributed by atoms with Crippen LogP contribution in [0.1, 0.15) is 45.7 Å². The van der Waals surface area contributed by atoms with Crippen LogP contribution in [0.25, 0.3) is 0 Å². The van der Waals surface area contributed by atoms with E-state index in [1.165, 1.54) is 14.2 Å². The normalized spacial score (nSPS) is 17.4. The molecule has 196 valence electrons. The largest absolute Gasteiger partial charge is 0.493 e. The van der Waals surface area contributed by atoms with Crippen molar-refractivity contribution in [2.75, 3.05) is 14.2 Å². The Bertz CT molecular complexity index is 1550. The van der Waals surface area contributed by atoms with Gasteiger partial charge < -0.3 is 24.1 Å². The van der Waals surface area contributed by atoms with Gasteiger partial charge in [0, 0.05) is 17.5 Å². The minimum absolute atomic E-state index is 0.0222. The molecule has 0 fully saturated rings. The maximum absolute atomic E-state index is 12.4. The molecular formula is C31H26N2O6. The average molecular weight is 523 g/mol. The van der Waals surface area contributed by atoms with Crippen LogP contribution < -0.4 is 18.9 Å². The molecule has 4 aromatic rings. The van der Waals surface area contributed by atoms with Crippen molar-refractivity contribution in [2.45, 2.75) is 18.7 Å². The molecule has 1 N–H and O–H groups in total. The molecule has 8 nitrogen and oxygen atoms in total. The van der Waals surface area contributed by atoms with E-state index in [1.54, 1.807) is 12.1 Å². The number of carboxylic acids is 1. The van der Waals surface area contributed by atoms with Gasteiger partial charge in [0.05, 0.1) is 26.0 Å². The van der Waals surface area contributed by atoms with Crippen molar-refractivity contribution in [1.29, 1.82) is 0 Å². The molecule has 0 aromatic heterocycles. The Kier molecular flexibility index (Phi) is 6.28. The smallest absolute Gasteiger partial charge is 0.340 e. The highest BCUT2D eigenvalue weighted by Gasteiger charge is 2.43. The molecule has 0 saturated heterocycles. The van der Waals surface area contributed by atoms with E-state index in [2.05, 4.69) is 0 Å². The van der Waals surface area contributed by atoms with Crippen molar-refractivity contribution in [2.24, 2.45) is 5.10 Å². The van der Waals surface area contributed by atoms with Gasteiger partial charge >= 0.3 is 5.97 Å². The van der Waals surface area contributed by atoms with E-state index in [-0.39, 0.29) is 17.4 Å². The fourth-order valence-corrected chi connectivity index (χ4v) is 5.12. The van der Waals surface area contributed by atoms with Crippen molar-refractivity contribution in [1.82, 2.24) is 5.01 Å². The summed E-state index contributed by atoms with van der Waals surface area (Å²) >= 11 is 0. The Morgan fingerprint density at radius 2 is 1.59 bits per heavy atom. The van der Waals surface area contributed by atoms with E-state index < -0.39 is 12.2 Å². The van der Waals surface area contributed by atoms with Gasteiger partial charge in [0.25, 0.3) is 0 Å². The van der Waals surface area contributed by atoms with Crippen molar-refractivity contribution in [3.8, 4) is 28.7 Å². The molecule has 4 aromatic carbocycles. The van der Waals surface area contributed by atoms with E-state index in [0.29, 0.717) is 23.5 Å². The summed E-state index contributed by atoms with van der Waals surface area (Å²) in [6.07, 6.45) is -0.153. The maximum Gasteiger partial charge on any atom is 0.340 e. The summed E-state index contributed by atoms with van der Waals surface area (Å²) in [5.74, 6) is 1.51. The van der Waals surface area contributed by atoms with Crippen LogP contribution in [0, 0.1) is 0 Å². The van der Waals surface area contributed by atoms with Crippen LogP contribution in [0.4, 0.5) is 0 Å². The van der Waals surface area contributed by atoms with Gasteiger partial charge in [-0.15, -0.1) is 0 Å². The first kappa shape index (κ1) is 24.4. The molecule has 0 bridgehead atoms. The molecule has 2 heterocycles. The van der Waals surface area contributed by atoms with Gasteiger partial charge in [0.15, 0.2) is 11.5 Å². The number of hydrogen-bond acceptors (Lipinski definition) is 7. The van der Waals surface area contributed by atoms with Crippen LogP contribution in [0.5, 0.6) is 28.7 Å². The molecule has 8 heteroatoms. The van der Waals surface area contributed by atoms with Crippen molar-refractivity contribution in [3.05, 3.63) is 113 Å². The second-order valence-electron chi connectivity index (χ2n) is 9.16. The van der Waals surface area contributed by atoms with E-state index in [1.807, 2.05) is 83.9 Å². The van der Waals surface area contributed by atoms with E-state index in [0.717, 1.165) is 28.3 Å². The molecule has 0 aliphatic carbocycles. The number of carbonyl (C=O) groups is 1. The monoisotopic (exact) mass is 522 g/mol. The summed E-state index contributed by atoms with van der Waals surface area (Å²) in [6.45, 7) is 0. The topological polar surface area (TPSA) is 89.8 Å². The summed E-state index contributed by atoms with van der Waals surface area (Å²) in [7, 11) is 2.89. The first-order chi connectivity index (χ1) is 19.1. The quantitative estimate of drug-likeness (QED) is 0.299. The highest BCUT2D eigenvalue weighted by molar-refractivity contribution is 6.02. The van der Waals surface area contributed by atoms with Crippen LogP contribution in [0.15, 0.2) is 96.1 Å². The highest BCUT2D eigenvalue weighted by Crippen LogP contribution is 2.49. The fraction of sp³-hybridized carbons (Fsp3) is 0.161. The summed E-state index contributed by atoms with van der Waals surface area (Å²) in [6, 6.07) is 28.4. The van der Waals surface area contributed by atoms with Gasteiger partial charge in [-0.3, -0.25) is 0 Å². The Morgan fingerprint density at radius 3 is 2.31 bits per heavy atom. The van der Waals surface area contributed by atoms with Gasteiger partial charge in [0.2, 0.25) is 6.23 Å². The van der Waals surface area contributed by atoms with Crippen molar-refractivity contribution >= 4 is 11.7 Å². The van der Waals surface area contributed by atoms with Crippen molar-refractivity contribution < 1.29 is 28.8 Å². The summed E-state index contributed by atoms with van der Waals surface area (Å²) < 4.78 is 23.2. The number of ether oxygens (including phenoxy) is 4. The van der Waals surface area contributed by atoms with Crippen LogP contribution in [0.2, 0.25) is 0 Å². The molecular weight excluding hydrogens is 496 g/mol. The van der Waals surface area contributed by atoms with Crippen LogP contribution in [0.3, 0.4) is 0 Å². The van der Waals surface area contributed by atoms with E-state index in [4.69, 9.17) is 24.0 Å². The maximum atomic E-state index is 12.4. The average Bonchev–Trinajstić information content (AvgIpc) is 3.43. The third-order valence-electron chi connectivity index (χ3n) is 6.92. The van der Waals surface area contributed by atoms with Gasteiger partial charge in [-0.1, -0.05) is 36.4 Å². The van der Waals surface area contributed by atoms with Crippen LogP contribution >= 0.6 is 0 Å². The molecule has 2 atom stereocenters. The Balaban J connectivity index is 1.38. The summed E-state index contributed by atoms with van der Waals surface area (Å²) in [5.41, 5.74) is 3.22.